The molecule has 0 amide bonds. The van der Waals surface area contributed by atoms with Crippen molar-refractivity contribution in [2.75, 3.05) is 45.2 Å². The maximum Gasteiger partial charge on any atom is 0.252 e. The lowest BCUT2D eigenvalue weighted by Gasteiger charge is -2.36. The van der Waals surface area contributed by atoms with Crippen LogP contribution < -0.4 is 15.2 Å². The molecule has 3 heterocycles. The number of fused-ring (bicyclic) bond motifs is 2. The summed E-state index contributed by atoms with van der Waals surface area (Å²) in [6.07, 6.45) is 1.43. The van der Waals surface area contributed by atoms with E-state index in [9.17, 15) is 13.2 Å². The number of aromatic nitrogens is 1. The van der Waals surface area contributed by atoms with Gasteiger partial charge in [0.2, 0.25) is 10.0 Å². The molecule has 0 unspecified atom stereocenters. The average molecular weight is 497 g/mol. The van der Waals surface area contributed by atoms with Crippen molar-refractivity contribution >= 4 is 26.6 Å². The van der Waals surface area contributed by atoms with E-state index in [1.807, 2.05) is 45.3 Å². The SMILES string of the molecule is Cc1cccc2cc(CN(C3CCN(C)CC3)S(=O)(=O)c3ccc4c(c3)OCCN4C)c(=O)[nH]c12. The van der Waals surface area contributed by atoms with Crippen LogP contribution >= 0.6 is 0 Å². The van der Waals surface area contributed by atoms with Gasteiger partial charge >= 0.3 is 0 Å². The molecular formula is C26H32N4O4S. The zero-order valence-electron chi connectivity index (χ0n) is 20.5. The first-order valence-corrected chi connectivity index (χ1v) is 13.5. The molecule has 9 heteroatoms. The highest BCUT2D eigenvalue weighted by Gasteiger charge is 2.35. The van der Waals surface area contributed by atoms with Crippen LogP contribution in [0, 0.1) is 6.92 Å². The number of sulfonamides is 1. The molecule has 186 valence electrons. The molecule has 2 aliphatic rings. The first-order chi connectivity index (χ1) is 16.7. The number of nitrogens with one attached hydrogen (secondary N) is 1. The molecule has 2 aromatic carbocycles. The van der Waals surface area contributed by atoms with E-state index in [0.29, 0.717) is 30.8 Å². The van der Waals surface area contributed by atoms with Crippen LogP contribution in [0.25, 0.3) is 10.9 Å². The fourth-order valence-electron chi connectivity index (χ4n) is 5.04. The summed E-state index contributed by atoms with van der Waals surface area (Å²) in [4.78, 5) is 20.5. The van der Waals surface area contributed by atoms with E-state index >= 15 is 0 Å². The van der Waals surface area contributed by atoms with Crippen LogP contribution in [0.2, 0.25) is 0 Å². The lowest BCUT2D eigenvalue weighted by Crippen LogP contribution is -2.46. The minimum atomic E-state index is -3.88. The third-order valence-electron chi connectivity index (χ3n) is 7.22. The van der Waals surface area contributed by atoms with E-state index in [2.05, 4.69) is 14.8 Å². The summed E-state index contributed by atoms with van der Waals surface area (Å²) >= 11 is 0. The first-order valence-electron chi connectivity index (χ1n) is 12.0. The Bertz CT molecular complexity index is 1410. The molecule has 1 saturated heterocycles. The van der Waals surface area contributed by atoms with Crippen molar-refractivity contribution in [3.63, 3.8) is 0 Å². The van der Waals surface area contributed by atoms with Gasteiger partial charge < -0.3 is 19.5 Å². The predicted molar refractivity (Wildman–Crippen MR) is 138 cm³/mol. The maximum absolute atomic E-state index is 14.0. The molecule has 35 heavy (non-hydrogen) atoms. The van der Waals surface area contributed by atoms with Crippen molar-refractivity contribution in [1.82, 2.24) is 14.2 Å². The quantitative estimate of drug-likeness (QED) is 0.585. The number of piperidine rings is 1. The van der Waals surface area contributed by atoms with E-state index in [0.717, 1.165) is 41.8 Å². The number of H-pyrrole nitrogens is 1. The molecular weight excluding hydrogens is 464 g/mol. The standard InChI is InChI=1S/C26H32N4O4S/c1-18-5-4-6-19-15-20(26(31)27-25(18)19)17-30(21-9-11-28(2)12-10-21)35(32,33)22-7-8-23-24(16-22)34-14-13-29(23)3/h4-8,15-16,21H,9-14,17H2,1-3H3,(H,27,31). The maximum atomic E-state index is 14.0. The normalized spacial score (nSPS) is 17.5. The molecule has 1 aromatic heterocycles. The van der Waals surface area contributed by atoms with Crippen LogP contribution in [0.15, 0.2) is 52.2 Å². The van der Waals surface area contributed by atoms with E-state index in [1.54, 1.807) is 18.2 Å². The number of pyridine rings is 1. The molecule has 3 aromatic rings. The Labute approximate surface area is 206 Å². The van der Waals surface area contributed by atoms with E-state index in [-0.39, 0.29) is 23.0 Å². The Hall–Kier alpha value is -2.88. The number of hydrogen-bond acceptors (Lipinski definition) is 6. The number of para-hydroxylation sites is 1. The van der Waals surface area contributed by atoms with Gasteiger partial charge in [0.15, 0.2) is 0 Å². The molecule has 0 aliphatic carbocycles. The predicted octanol–water partition coefficient (Wildman–Crippen LogP) is 2.95. The second-order valence-corrected chi connectivity index (χ2v) is 11.5. The van der Waals surface area contributed by atoms with Gasteiger partial charge in [-0.1, -0.05) is 18.2 Å². The van der Waals surface area contributed by atoms with Gasteiger partial charge in [-0.25, -0.2) is 8.42 Å². The van der Waals surface area contributed by atoms with Crippen LogP contribution in [0.5, 0.6) is 5.75 Å². The number of likely N-dealkylation sites (N-methyl/N-ethyl adjacent to an activating group) is 1. The number of ether oxygens (including phenoxy) is 1. The van der Waals surface area contributed by atoms with Gasteiger partial charge in [0, 0.05) is 31.3 Å². The van der Waals surface area contributed by atoms with Crippen molar-refractivity contribution in [2.24, 2.45) is 0 Å². The molecule has 1 fully saturated rings. The number of likely N-dealkylation sites (tertiary alicyclic amines) is 1. The van der Waals surface area contributed by atoms with E-state index in [1.165, 1.54) is 4.31 Å². The highest BCUT2D eigenvalue weighted by Crippen LogP contribution is 2.35. The highest BCUT2D eigenvalue weighted by molar-refractivity contribution is 7.89. The fourth-order valence-corrected chi connectivity index (χ4v) is 6.72. The monoisotopic (exact) mass is 496 g/mol. The summed E-state index contributed by atoms with van der Waals surface area (Å²) in [5.74, 6) is 0.571. The second kappa shape index (κ2) is 9.29. The Morgan fingerprint density at radius 1 is 1.09 bits per heavy atom. The molecule has 0 spiro atoms. The van der Waals surface area contributed by atoms with Crippen LogP contribution in [-0.2, 0) is 16.6 Å². The second-order valence-electron chi connectivity index (χ2n) is 9.65. The molecule has 0 atom stereocenters. The van der Waals surface area contributed by atoms with Crippen molar-refractivity contribution in [1.29, 1.82) is 0 Å². The third-order valence-corrected chi connectivity index (χ3v) is 9.11. The van der Waals surface area contributed by atoms with Gasteiger partial charge in [0.1, 0.15) is 12.4 Å². The van der Waals surface area contributed by atoms with Crippen molar-refractivity contribution in [3.05, 3.63) is 63.9 Å². The fraction of sp³-hybridized carbons (Fsp3) is 0.423. The van der Waals surface area contributed by atoms with Gasteiger partial charge in [0.05, 0.1) is 22.6 Å². The number of rotatable bonds is 5. The number of benzene rings is 2. The number of anilines is 1. The van der Waals surface area contributed by atoms with Crippen LogP contribution in [0.4, 0.5) is 5.69 Å². The molecule has 8 nitrogen and oxygen atoms in total. The molecule has 1 N–H and O–H groups in total. The Balaban J connectivity index is 1.56. The summed E-state index contributed by atoms with van der Waals surface area (Å²) in [5, 5.41) is 0.894. The smallest absolute Gasteiger partial charge is 0.252 e. The van der Waals surface area contributed by atoms with Gasteiger partial charge in [-0.05, 0) is 69.1 Å². The topological polar surface area (TPSA) is 86.0 Å². The summed E-state index contributed by atoms with van der Waals surface area (Å²) in [6, 6.07) is 12.5. The van der Waals surface area contributed by atoms with Crippen molar-refractivity contribution in [3.8, 4) is 5.75 Å². The Kier molecular flexibility index (Phi) is 6.33. The Morgan fingerprint density at radius 2 is 1.86 bits per heavy atom. The zero-order valence-corrected chi connectivity index (χ0v) is 21.3. The summed E-state index contributed by atoms with van der Waals surface area (Å²) in [5.41, 5.74) is 2.83. The number of aryl methyl sites for hydroxylation is 1. The minimum Gasteiger partial charge on any atom is -0.490 e. The van der Waals surface area contributed by atoms with Crippen LogP contribution in [0.1, 0.15) is 24.0 Å². The van der Waals surface area contributed by atoms with E-state index in [4.69, 9.17) is 4.74 Å². The summed E-state index contributed by atoms with van der Waals surface area (Å²) in [6.45, 7) is 4.85. The van der Waals surface area contributed by atoms with Gasteiger partial charge in [-0.15, -0.1) is 0 Å². The van der Waals surface area contributed by atoms with Crippen LogP contribution in [0.3, 0.4) is 0 Å². The largest absolute Gasteiger partial charge is 0.490 e. The molecule has 0 bridgehead atoms. The highest BCUT2D eigenvalue weighted by atomic mass is 32.2. The van der Waals surface area contributed by atoms with Crippen molar-refractivity contribution in [2.45, 2.75) is 37.2 Å². The number of nitrogens with zero attached hydrogens (tertiary/aromatic N) is 3. The average Bonchev–Trinajstić information content (AvgIpc) is 2.84. The third kappa shape index (κ3) is 4.55. The molecule has 0 radical (unpaired) electrons. The number of hydrogen-bond donors (Lipinski definition) is 1. The van der Waals surface area contributed by atoms with Gasteiger partial charge in [-0.3, -0.25) is 4.79 Å². The Morgan fingerprint density at radius 3 is 2.63 bits per heavy atom. The first kappa shape index (κ1) is 23.8. The number of aromatic amines is 1. The lowest BCUT2D eigenvalue weighted by molar-refractivity contribution is 0.179. The summed E-state index contributed by atoms with van der Waals surface area (Å²) < 4.78 is 35.4. The molecule has 2 aliphatic heterocycles. The van der Waals surface area contributed by atoms with Crippen LogP contribution in [-0.4, -0.2) is 69.0 Å². The van der Waals surface area contributed by atoms with E-state index < -0.39 is 10.0 Å². The van der Waals surface area contributed by atoms with Gasteiger partial charge in [-0.2, -0.15) is 4.31 Å². The van der Waals surface area contributed by atoms with Gasteiger partial charge in [0.25, 0.3) is 5.56 Å². The van der Waals surface area contributed by atoms with Crippen molar-refractivity contribution < 1.29 is 13.2 Å². The lowest BCUT2D eigenvalue weighted by atomic mass is 10.0. The minimum absolute atomic E-state index is 0.0216. The zero-order chi connectivity index (χ0) is 24.7. The summed E-state index contributed by atoms with van der Waals surface area (Å²) in [7, 11) is 0.129. The molecule has 0 saturated carbocycles. The molecule has 5 rings (SSSR count).